The zero-order valence-corrected chi connectivity index (χ0v) is 29.6. The summed E-state index contributed by atoms with van der Waals surface area (Å²) in [5, 5.41) is 0. The summed E-state index contributed by atoms with van der Waals surface area (Å²) >= 11 is 0. The van der Waals surface area contributed by atoms with E-state index < -0.39 is 0 Å². The molecule has 0 aliphatic carbocycles. The quantitative estimate of drug-likeness (QED) is 0.0576. The lowest BCUT2D eigenvalue weighted by Gasteiger charge is -2.26. The van der Waals surface area contributed by atoms with Crippen molar-refractivity contribution in [2.24, 2.45) is 21.8 Å². The van der Waals surface area contributed by atoms with E-state index in [1.165, 1.54) is 185 Å². The lowest BCUT2D eigenvalue weighted by Crippen LogP contribution is -2.22. The molecule has 250 valence electrons. The predicted octanol–water partition coefficient (Wildman–Crippen LogP) is 14.1. The molecule has 0 saturated heterocycles. The molecule has 1 aliphatic heterocycles. The van der Waals surface area contributed by atoms with E-state index in [0.717, 1.165) is 12.6 Å². The van der Waals surface area contributed by atoms with Gasteiger partial charge in [-0.3, -0.25) is 0 Å². The number of benzene rings is 1. The van der Waals surface area contributed by atoms with Gasteiger partial charge in [-0.15, -0.1) is 0 Å². The van der Waals surface area contributed by atoms with Gasteiger partial charge in [0.25, 0.3) is 0 Å². The lowest BCUT2D eigenvalue weighted by molar-refractivity contribution is 0.284. The average molecular weight is 606 g/mol. The summed E-state index contributed by atoms with van der Waals surface area (Å²) in [4.78, 5) is 9.52. The highest BCUT2D eigenvalue weighted by Crippen LogP contribution is 2.37. The lowest BCUT2D eigenvalue weighted by atomic mass is 9.78. The summed E-state index contributed by atoms with van der Waals surface area (Å²) in [5.41, 5.74) is 1.48. The van der Waals surface area contributed by atoms with Crippen molar-refractivity contribution < 1.29 is 0 Å². The van der Waals surface area contributed by atoms with E-state index in [0.29, 0.717) is 11.8 Å². The zero-order valence-electron chi connectivity index (χ0n) is 29.6. The van der Waals surface area contributed by atoms with Crippen LogP contribution in [0.25, 0.3) is 0 Å². The minimum atomic E-state index is 0.496. The molecule has 1 aliphatic rings. The Balaban J connectivity index is 1.66. The Morgan fingerprint density at radius 1 is 0.455 bits per heavy atom. The van der Waals surface area contributed by atoms with Crippen LogP contribution in [-0.2, 0) is 6.42 Å². The Labute approximate surface area is 275 Å². The van der Waals surface area contributed by atoms with Crippen LogP contribution in [0.2, 0.25) is 0 Å². The molecule has 0 spiro atoms. The highest BCUT2D eigenvalue weighted by molar-refractivity contribution is 6.18. The van der Waals surface area contributed by atoms with Crippen molar-refractivity contribution in [2.45, 2.75) is 200 Å². The van der Waals surface area contributed by atoms with Gasteiger partial charge in [0.2, 0.25) is 6.17 Å². The average Bonchev–Trinajstić information content (AvgIpc) is 3.58. The first-order chi connectivity index (χ1) is 21.8. The number of rotatable bonds is 32. The molecule has 2 rings (SSSR count). The molecule has 1 aromatic carbocycles. The molecule has 0 amide bonds. The third kappa shape index (κ3) is 20.5. The first kappa shape index (κ1) is 38.6. The van der Waals surface area contributed by atoms with E-state index >= 15 is 0 Å². The van der Waals surface area contributed by atoms with Crippen LogP contribution in [0.4, 0.5) is 0 Å². The van der Waals surface area contributed by atoms with Crippen LogP contribution in [0.15, 0.2) is 40.3 Å². The molecule has 2 nitrogen and oxygen atoms in total. The summed E-state index contributed by atoms with van der Waals surface area (Å²) < 4.78 is 0. The van der Waals surface area contributed by atoms with Crippen molar-refractivity contribution in [3.8, 4) is 0 Å². The fraction of sp³-hybridized carbons (Fsp3) is 0.786. The van der Waals surface area contributed by atoms with Gasteiger partial charge >= 0.3 is 0 Å². The molecule has 0 radical (unpaired) electrons. The molecule has 0 saturated carbocycles. The third-order valence-corrected chi connectivity index (χ3v) is 10.0. The summed E-state index contributed by atoms with van der Waals surface area (Å²) in [6.07, 6.45) is 45.5. The van der Waals surface area contributed by atoms with Crippen molar-refractivity contribution in [1.29, 1.82) is 0 Å². The summed E-state index contributed by atoms with van der Waals surface area (Å²) in [6, 6.07) is 11.2. The maximum atomic E-state index is 4.76. The molecule has 0 bridgehead atoms. The van der Waals surface area contributed by atoms with Gasteiger partial charge in [-0.25, -0.2) is 0 Å². The SMILES string of the molecule is CCCCCCCCCCCCCCCCCC(Cc1ccccc1)C(CCCCCCCCCCCCC)[C+]1N=CC=N1. The Hall–Kier alpha value is -1.57. The van der Waals surface area contributed by atoms with Crippen molar-refractivity contribution in [3.05, 3.63) is 42.1 Å². The van der Waals surface area contributed by atoms with Gasteiger partial charge in [-0.1, -0.05) is 221 Å². The van der Waals surface area contributed by atoms with Crippen LogP contribution in [-0.4, -0.2) is 12.4 Å². The Bertz CT molecular complexity index is 772. The largest absolute Gasteiger partial charge is 0.244 e. The van der Waals surface area contributed by atoms with Crippen molar-refractivity contribution >= 4 is 12.4 Å². The van der Waals surface area contributed by atoms with E-state index in [4.69, 9.17) is 9.98 Å². The van der Waals surface area contributed by atoms with Crippen molar-refractivity contribution in [2.75, 3.05) is 0 Å². The van der Waals surface area contributed by atoms with Crippen LogP contribution < -0.4 is 0 Å². The second-order valence-electron chi connectivity index (χ2n) is 14.0. The van der Waals surface area contributed by atoms with Crippen LogP contribution in [0.1, 0.15) is 199 Å². The van der Waals surface area contributed by atoms with Gasteiger partial charge < -0.3 is 0 Å². The molecule has 2 atom stereocenters. The fourth-order valence-electron chi connectivity index (χ4n) is 7.19. The monoisotopic (exact) mass is 606 g/mol. The van der Waals surface area contributed by atoms with Crippen LogP contribution in [0, 0.1) is 18.0 Å². The first-order valence-corrected chi connectivity index (χ1v) is 19.8. The summed E-state index contributed by atoms with van der Waals surface area (Å²) in [5.74, 6) is 1.14. The van der Waals surface area contributed by atoms with Gasteiger partial charge in [-0.2, -0.15) is 0 Å². The van der Waals surface area contributed by atoms with Crippen LogP contribution >= 0.6 is 0 Å². The number of nitrogens with zero attached hydrogens (tertiary/aromatic N) is 2. The van der Waals surface area contributed by atoms with E-state index in [1.807, 2.05) is 12.4 Å². The highest BCUT2D eigenvalue weighted by atomic mass is 15.0. The molecular formula is C42H73N2+. The first-order valence-electron chi connectivity index (χ1n) is 19.8. The molecule has 0 aromatic heterocycles. The molecule has 0 fully saturated rings. The molecule has 1 aromatic rings. The van der Waals surface area contributed by atoms with Crippen molar-refractivity contribution in [3.63, 3.8) is 0 Å². The Morgan fingerprint density at radius 2 is 0.818 bits per heavy atom. The molecular weight excluding hydrogens is 532 g/mol. The maximum absolute atomic E-state index is 4.76. The van der Waals surface area contributed by atoms with Crippen LogP contribution in [0.5, 0.6) is 0 Å². The molecule has 1 heterocycles. The van der Waals surface area contributed by atoms with E-state index in [-0.39, 0.29) is 0 Å². The molecule has 0 N–H and O–H groups in total. The second kappa shape index (κ2) is 28.9. The number of aliphatic imine (C=N–C) groups is 2. The number of hydrogen-bond acceptors (Lipinski definition) is 2. The van der Waals surface area contributed by atoms with E-state index in [2.05, 4.69) is 44.2 Å². The minimum Gasteiger partial charge on any atom is -0.0965 e. The molecule has 44 heavy (non-hydrogen) atoms. The van der Waals surface area contributed by atoms with Gasteiger partial charge in [0.1, 0.15) is 0 Å². The number of unbranched alkanes of at least 4 members (excludes halogenated alkanes) is 24. The summed E-state index contributed by atoms with van der Waals surface area (Å²) in [6.45, 7) is 4.61. The van der Waals surface area contributed by atoms with Gasteiger partial charge in [0.15, 0.2) is 12.4 Å². The smallest absolute Gasteiger partial charge is 0.0965 e. The Morgan fingerprint density at radius 3 is 1.23 bits per heavy atom. The normalized spacial score (nSPS) is 14.1. The zero-order chi connectivity index (χ0) is 31.2. The van der Waals surface area contributed by atoms with Gasteiger partial charge in [-0.05, 0) is 30.7 Å². The topological polar surface area (TPSA) is 24.7 Å². The van der Waals surface area contributed by atoms with Crippen molar-refractivity contribution in [1.82, 2.24) is 0 Å². The van der Waals surface area contributed by atoms with Gasteiger partial charge in [0.05, 0.1) is 5.92 Å². The van der Waals surface area contributed by atoms with E-state index in [9.17, 15) is 0 Å². The summed E-state index contributed by atoms with van der Waals surface area (Å²) in [7, 11) is 0. The van der Waals surface area contributed by atoms with Gasteiger partial charge in [0, 0.05) is 0 Å². The minimum absolute atomic E-state index is 0.496. The molecule has 2 unspecified atom stereocenters. The highest BCUT2D eigenvalue weighted by Gasteiger charge is 2.35. The second-order valence-corrected chi connectivity index (χ2v) is 14.0. The number of hydrogen-bond donors (Lipinski definition) is 0. The third-order valence-electron chi connectivity index (χ3n) is 10.0. The maximum Gasteiger partial charge on any atom is 0.244 e. The Kier molecular flexibility index (Phi) is 25.3. The fourth-order valence-corrected chi connectivity index (χ4v) is 7.19. The standard InChI is InChI=1S/C42H73N2/c1-3-5-7-9-11-13-15-16-17-18-20-21-23-25-30-34-40(38-39-32-28-27-29-33-39)41(42-43-36-37-44-42)35-31-26-24-22-19-14-12-10-8-6-4-2/h27-29,32-33,36-37,40-41H,3-26,30-31,34-35,38H2,1-2H3/q+1. The molecule has 2 heteroatoms. The van der Waals surface area contributed by atoms with E-state index in [1.54, 1.807) is 0 Å². The van der Waals surface area contributed by atoms with Crippen LogP contribution in [0.3, 0.4) is 0 Å². The predicted molar refractivity (Wildman–Crippen MR) is 198 cm³/mol.